The number of allylic oxidation sites excluding steroid dienone is 9. The van der Waals surface area contributed by atoms with E-state index in [1.165, 1.54) is 17.7 Å². The second-order valence-electron chi connectivity index (χ2n) is 10.7. The quantitative estimate of drug-likeness (QED) is 0.0968. The number of fused-ring (bicyclic) bond motifs is 2. The van der Waals surface area contributed by atoms with Gasteiger partial charge in [0, 0.05) is 24.0 Å². The minimum absolute atomic E-state index is 0.0262. The molecule has 2 atom stereocenters. The first-order valence-electron chi connectivity index (χ1n) is 14.6. The zero-order chi connectivity index (χ0) is 30.4. The Kier molecular flexibility index (Phi) is 8.58. The van der Waals surface area contributed by atoms with Crippen molar-refractivity contribution >= 4 is 34.7 Å². The summed E-state index contributed by atoms with van der Waals surface area (Å²) in [5.41, 5.74) is 4.08. The number of non-ortho nitro benzene ring substituents is 1. The van der Waals surface area contributed by atoms with E-state index in [1.54, 1.807) is 18.2 Å². The van der Waals surface area contributed by atoms with E-state index in [4.69, 9.17) is 4.76 Å². The molecule has 6 rings (SSSR count). The Morgan fingerprint density at radius 3 is 1.86 bits per heavy atom. The highest BCUT2D eigenvalue weighted by Crippen LogP contribution is 2.58. The molecule has 0 fully saturated rings. The van der Waals surface area contributed by atoms with Gasteiger partial charge in [0.1, 0.15) is 15.9 Å². The molecule has 4 aromatic carbocycles. The van der Waals surface area contributed by atoms with Crippen LogP contribution in [0.1, 0.15) is 17.9 Å². The van der Waals surface area contributed by atoms with Gasteiger partial charge in [0.2, 0.25) is 7.41 Å². The number of aliphatic hydroxyl groups is 1. The third-order valence-electron chi connectivity index (χ3n) is 8.09. The number of hydrogen-bond acceptors (Lipinski definition) is 4. The van der Waals surface area contributed by atoms with Crippen LogP contribution in [-0.2, 0) is 0 Å². The number of aliphatic hydroxyl groups excluding tert-OH is 1. The lowest BCUT2D eigenvalue weighted by molar-refractivity contribution is -0.384. The van der Waals surface area contributed by atoms with Gasteiger partial charge in [0.25, 0.3) is 5.69 Å². The van der Waals surface area contributed by atoms with Crippen LogP contribution >= 0.6 is 7.41 Å². The fourth-order valence-corrected chi connectivity index (χ4v) is 9.63. The van der Waals surface area contributed by atoms with Crippen LogP contribution in [0.25, 0.3) is 0 Å². The summed E-state index contributed by atoms with van der Waals surface area (Å²) < 4.78 is 5.98. The average molecular weight is 596 g/mol. The Bertz CT molecular complexity index is 1710. The Labute approximate surface area is 258 Å². The normalized spacial score (nSPS) is 17.9. The van der Waals surface area contributed by atoms with Crippen molar-refractivity contribution in [2.24, 2.45) is 10.7 Å². The van der Waals surface area contributed by atoms with E-state index < -0.39 is 12.3 Å². The van der Waals surface area contributed by atoms with Crippen LogP contribution in [0.15, 0.2) is 180 Å². The van der Waals surface area contributed by atoms with E-state index in [1.807, 2.05) is 18.2 Å². The summed E-state index contributed by atoms with van der Waals surface area (Å²) in [7, 11) is -2.62. The molecular weight excluding hydrogens is 563 g/mol. The lowest BCUT2D eigenvalue weighted by atomic mass is 9.80. The van der Waals surface area contributed by atoms with Crippen LogP contribution in [0.4, 0.5) is 5.69 Å². The number of rotatable bonds is 8. The molecule has 216 valence electrons. The standard InChI is InChI=1S/C38H31N2O3P/c41-27-26-36(30-21-23-32(24-22-30)40(42)43)37-25-20-29-12-10-11-13-31(28-29)38(37)39-44(33-14-4-1-5-15-33,34-16-6-2-7-17-34)35-18-8-3-9-19-35/h1-27,36-37H,28H2/p+1/b27-26-,39-38+. The number of nitro groups is 1. The lowest BCUT2D eigenvalue weighted by Gasteiger charge is -2.28. The molecule has 0 saturated heterocycles. The molecule has 0 amide bonds. The lowest BCUT2D eigenvalue weighted by Crippen LogP contribution is -2.32. The fraction of sp³-hybridized carbons (Fsp3) is 0.0789. The SMILES string of the molecule is O=[N+]([O-])c1ccc(C(/C=C\O)C2C=CC3=CC=CC=C(C3)/C2=N\[P+](c2ccccc2)(c2ccccc2)c2ccccc2)cc1. The summed E-state index contributed by atoms with van der Waals surface area (Å²) >= 11 is 0. The molecule has 0 radical (unpaired) electrons. The van der Waals surface area contributed by atoms with Crippen LogP contribution < -0.4 is 15.9 Å². The molecule has 4 aromatic rings. The van der Waals surface area contributed by atoms with E-state index in [9.17, 15) is 15.2 Å². The molecule has 0 spiro atoms. The number of hydrogen-bond donors (Lipinski definition) is 1. The van der Waals surface area contributed by atoms with E-state index in [0.29, 0.717) is 6.42 Å². The molecule has 0 aromatic heterocycles. The summed E-state index contributed by atoms with van der Waals surface area (Å²) in [6, 6.07) is 38.2. The van der Waals surface area contributed by atoms with Crippen molar-refractivity contribution in [1.82, 2.24) is 0 Å². The van der Waals surface area contributed by atoms with Crippen LogP contribution in [-0.4, -0.2) is 15.7 Å². The molecule has 0 heterocycles. The first-order valence-corrected chi connectivity index (χ1v) is 16.3. The van der Waals surface area contributed by atoms with Gasteiger partial charge in [-0.1, -0.05) is 103 Å². The zero-order valence-electron chi connectivity index (χ0n) is 24.1. The summed E-state index contributed by atoms with van der Waals surface area (Å²) in [5, 5.41) is 25.0. The zero-order valence-corrected chi connectivity index (χ0v) is 25.0. The Morgan fingerprint density at radius 1 is 0.795 bits per heavy atom. The minimum Gasteiger partial charge on any atom is -0.516 e. The maximum Gasteiger partial charge on any atom is 0.269 e. The topological polar surface area (TPSA) is 75.7 Å². The van der Waals surface area contributed by atoms with Gasteiger partial charge in [0.05, 0.1) is 16.9 Å². The Morgan fingerprint density at radius 2 is 1.34 bits per heavy atom. The van der Waals surface area contributed by atoms with E-state index in [0.717, 1.165) is 39.0 Å². The molecule has 2 aliphatic carbocycles. The largest absolute Gasteiger partial charge is 0.516 e. The van der Waals surface area contributed by atoms with Crippen LogP contribution in [0, 0.1) is 16.0 Å². The molecule has 0 saturated carbocycles. The second-order valence-corrected chi connectivity index (χ2v) is 13.7. The van der Waals surface area contributed by atoms with Crippen molar-refractivity contribution in [2.75, 3.05) is 0 Å². The van der Waals surface area contributed by atoms with Crippen LogP contribution in [0.2, 0.25) is 0 Å². The highest BCUT2D eigenvalue weighted by atomic mass is 31.2. The Hall–Kier alpha value is -5.12. The molecular formula is C38H32N2O3P+. The molecule has 2 bridgehead atoms. The smallest absolute Gasteiger partial charge is 0.269 e. The van der Waals surface area contributed by atoms with Gasteiger partial charge < -0.3 is 5.11 Å². The predicted octanol–water partition coefficient (Wildman–Crippen LogP) is 8.10. The molecule has 44 heavy (non-hydrogen) atoms. The second kappa shape index (κ2) is 13.0. The third-order valence-corrected chi connectivity index (χ3v) is 11.7. The predicted molar refractivity (Wildman–Crippen MR) is 183 cm³/mol. The minimum atomic E-state index is -2.62. The van der Waals surface area contributed by atoms with Gasteiger partial charge >= 0.3 is 0 Å². The number of nitrogens with zero attached hydrogens (tertiary/aromatic N) is 2. The fourth-order valence-electron chi connectivity index (χ4n) is 5.99. The summed E-state index contributed by atoms with van der Waals surface area (Å²) in [6.07, 6.45) is 16.2. The monoisotopic (exact) mass is 595 g/mol. The van der Waals surface area contributed by atoms with Gasteiger partial charge in [-0.25, -0.2) is 0 Å². The number of benzene rings is 4. The van der Waals surface area contributed by atoms with Crippen molar-refractivity contribution in [2.45, 2.75) is 12.3 Å². The summed E-state index contributed by atoms with van der Waals surface area (Å²) in [5.74, 6) is -0.592. The van der Waals surface area contributed by atoms with E-state index >= 15 is 0 Å². The maximum atomic E-state index is 11.4. The van der Waals surface area contributed by atoms with Gasteiger partial charge in [0.15, 0.2) is 0 Å². The van der Waals surface area contributed by atoms with E-state index in [2.05, 4.69) is 109 Å². The molecule has 5 nitrogen and oxygen atoms in total. The van der Waals surface area contributed by atoms with Crippen molar-refractivity contribution < 1.29 is 10.0 Å². The van der Waals surface area contributed by atoms with Gasteiger partial charge in [-0.15, -0.1) is 4.76 Å². The van der Waals surface area contributed by atoms with E-state index in [-0.39, 0.29) is 17.5 Å². The van der Waals surface area contributed by atoms with Crippen molar-refractivity contribution in [1.29, 1.82) is 0 Å². The van der Waals surface area contributed by atoms with Gasteiger partial charge in [-0.2, -0.15) is 0 Å². The summed E-state index contributed by atoms with van der Waals surface area (Å²) in [4.78, 5) is 11.0. The molecule has 2 unspecified atom stereocenters. The highest BCUT2D eigenvalue weighted by molar-refractivity contribution is 7.94. The first-order chi connectivity index (χ1) is 21.6. The average Bonchev–Trinajstić information content (AvgIpc) is 3.42. The third kappa shape index (κ3) is 5.75. The van der Waals surface area contributed by atoms with Crippen molar-refractivity contribution in [3.8, 4) is 0 Å². The van der Waals surface area contributed by atoms with Gasteiger partial charge in [-0.3, -0.25) is 10.1 Å². The van der Waals surface area contributed by atoms with Crippen molar-refractivity contribution in [3.63, 3.8) is 0 Å². The first kappa shape index (κ1) is 29.0. The molecule has 1 N–H and O–H groups in total. The molecule has 0 aliphatic heterocycles. The Balaban J connectivity index is 1.67. The van der Waals surface area contributed by atoms with Crippen molar-refractivity contribution in [3.05, 3.63) is 191 Å². The number of nitro benzene ring substituents is 1. The molecule has 6 heteroatoms. The highest BCUT2D eigenvalue weighted by Gasteiger charge is 2.48. The molecule has 2 aliphatic rings. The summed E-state index contributed by atoms with van der Waals surface area (Å²) in [6.45, 7) is 0. The van der Waals surface area contributed by atoms with Gasteiger partial charge in [-0.05, 0) is 65.6 Å². The van der Waals surface area contributed by atoms with Crippen LogP contribution in [0.3, 0.4) is 0 Å². The maximum absolute atomic E-state index is 11.4. The van der Waals surface area contributed by atoms with Crippen LogP contribution in [0.5, 0.6) is 0 Å².